The molecule has 1 rings (SSSR count). The van der Waals surface area contributed by atoms with E-state index in [4.69, 9.17) is 0 Å². The van der Waals surface area contributed by atoms with E-state index in [-0.39, 0.29) is 27.0 Å². The van der Waals surface area contributed by atoms with Gasteiger partial charge in [-0.15, -0.1) is 0 Å². The monoisotopic (exact) mass is 390 g/mol. The van der Waals surface area contributed by atoms with Crippen molar-refractivity contribution in [3.8, 4) is 0 Å². The van der Waals surface area contributed by atoms with Gasteiger partial charge in [0.15, 0.2) is 0 Å². The van der Waals surface area contributed by atoms with Crippen molar-refractivity contribution in [3.63, 3.8) is 0 Å². The quantitative estimate of drug-likeness (QED) is 0.739. The van der Waals surface area contributed by atoms with Gasteiger partial charge in [-0.3, -0.25) is 4.79 Å². The largest absolute Gasteiger partial charge is 2.00 e. The number of benzene rings is 1. The van der Waals surface area contributed by atoms with Crippen LogP contribution < -0.4 is 0 Å². The van der Waals surface area contributed by atoms with E-state index in [9.17, 15) is 4.79 Å². The number of carbonyl (C=O) groups excluding carboxylic acids is 1. The number of carbonyl (C=O) groups is 1. The van der Waals surface area contributed by atoms with Gasteiger partial charge in [0, 0.05) is 0 Å². The molecule has 86 valence electrons. The van der Waals surface area contributed by atoms with Crippen molar-refractivity contribution in [2.24, 2.45) is 0 Å². The average Bonchev–Trinajstić information content (AvgIpc) is 2.27. The van der Waals surface area contributed by atoms with Crippen LogP contribution in [0.25, 0.3) is 5.32 Å². The van der Waals surface area contributed by atoms with E-state index in [1.165, 1.54) is 12.7 Å². The van der Waals surface area contributed by atoms with Crippen LogP contribution in [0.3, 0.4) is 0 Å². The van der Waals surface area contributed by atoms with Gasteiger partial charge in [0.2, 0.25) is 0 Å². The van der Waals surface area contributed by atoms with E-state index in [0.717, 1.165) is 5.56 Å². The summed E-state index contributed by atoms with van der Waals surface area (Å²) in [5.74, 6) is -0.280. The Morgan fingerprint density at radius 3 is 2.38 bits per heavy atom. The van der Waals surface area contributed by atoms with E-state index >= 15 is 0 Å². The molecular formula is C12H16NO2W+. The molecule has 4 heteroatoms. The molecule has 3 nitrogen and oxygen atoms in total. The zero-order valence-electron chi connectivity index (χ0n) is 9.77. The van der Waals surface area contributed by atoms with Crippen LogP contribution in [0.1, 0.15) is 11.1 Å². The van der Waals surface area contributed by atoms with Crippen LogP contribution in [0.5, 0.6) is 0 Å². The second kappa shape index (κ2) is 7.59. The summed E-state index contributed by atoms with van der Waals surface area (Å²) < 4.78 is 4.67. The minimum absolute atomic E-state index is 0. The zero-order chi connectivity index (χ0) is 11.3. The van der Waals surface area contributed by atoms with Gasteiger partial charge >= 0.3 is 21.1 Å². The molecule has 1 atom stereocenters. The Morgan fingerprint density at radius 1 is 1.38 bits per heavy atom. The Bertz CT molecular complexity index is 324. The topological polar surface area (TPSA) is 40.4 Å². The Morgan fingerprint density at radius 2 is 1.94 bits per heavy atom. The number of rotatable bonds is 4. The number of ether oxygens (including phenoxy) is 1. The van der Waals surface area contributed by atoms with Crippen LogP contribution in [-0.4, -0.2) is 26.2 Å². The molecule has 0 aliphatic heterocycles. The van der Waals surface area contributed by atoms with Crippen molar-refractivity contribution in [1.82, 2.24) is 0 Å². The number of aryl methyl sites for hydroxylation is 1. The van der Waals surface area contributed by atoms with Crippen LogP contribution in [0, 0.1) is 6.92 Å². The van der Waals surface area contributed by atoms with E-state index in [2.05, 4.69) is 10.1 Å². The molecule has 0 N–H and O–H groups in total. The third-order valence-electron chi connectivity index (χ3n) is 2.33. The first-order chi connectivity index (χ1) is 7.17. The molecule has 0 bridgehead atoms. The summed E-state index contributed by atoms with van der Waals surface area (Å²) in [6.07, 6.45) is 0.601. The summed E-state index contributed by atoms with van der Waals surface area (Å²) in [4.78, 5) is 11.3. The summed E-state index contributed by atoms with van der Waals surface area (Å²) in [6.45, 7) is 2.03. The van der Waals surface area contributed by atoms with E-state index in [1.54, 1.807) is 7.05 Å². The average molecular weight is 390 g/mol. The first kappa shape index (κ1) is 15.3. The van der Waals surface area contributed by atoms with E-state index in [0.29, 0.717) is 6.42 Å². The minimum Gasteiger partial charge on any atom is -0.653 e. The van der Waals surface area contributed by atoms with Gasteiger partial charge in [-0.25, -0.2) is 0 Å². The molecule has 0 aliphatic carbocycles. The summed E-state index contributed by atoms with van der Waals surface area (Å²) >= 11 is 0. The fraction of sp³-hybridized carbons (Fsp3) is 0.417. The van der Waals surface area contributed by atoms with Gasteiger partial charge in [-0.1, -0.05) is 29.8 Å². The molecule has 1 aromatic carbocycles. The van der Waals surface area contributed by atoms with Crippen molar-refractivity contribution in [3.05, 3.63) is 40.7 Å². The molecule has 0 aromatic heterocycles. The molecule has 0 heterocycles. The van der Waals surface area contributed by atoms with Crippen LogP contribution >= 0.6 is 0 Å². The SMILES string of the molecule is C[N-]C(Cc1ccc(C)cc1)C(=O)OC.[W+2]. The number of hydrogen-bond acceptors (Lipinski definition) is 2. The van der Waals surface area contributed by atoms with Gasteiger partial charge in [0.1, 0.15) is 0 Å². The summed E-state index contributed by atoms with van der Waals surface area (Å²) in [7, 11) is 3.02. The molecular weight excluding hydrogens is 374 g/mol. The molecule has 1 aromatic rings. The second-order valence-corrected chi connectivity index (χ2v) is 3.49. The fourth-order valence-electron chi connectivity index (χ4n) is 1.36. The molecule has 0 amide bonds. The van der Waals surface area contributed by atoms with Gasteiger partial charge in [0.05, 0.1) is 7.11 Å². The van der Waals surface area contributed by atoms with Gasteiger partial charge in [0.25, 0.3) is 5.97 Å². The van der Waals surface area contributed by atoms with Crippen LogP contribution in [0.4, 0.5) is 0 Å². The molecule has 0 aliphatic rings. The Balaban J connectivity index is 0.00000225. The Labute approximate surface area is 111 Å². The van der Waals surface area contributed by atoms with Crippen LogP contribution in [0.15, 0.2) is 24.3 Å². The normalized spacial score (nSPS) is 11.4. The third-order valence-corrected chi connectivity index (χ3v) is 2.33. The number of esters is 1. The predicted octanol–water partition coefficient (Wildman–Crippen LogP) is 2.08. The molecule has 1 unspecified atom stereocenters. The van der Waals surface area contributed by atoms with E-state index < -0.39 is 6.04 Å². The molecule has 0 radical (unpaired) electrons. The Hall–Kier alpha value is -0.662. The molecule has 16 heavy (non-hydrogen) atoms. The number of methoxy groups -OCH3 is 1. The first-order valence-corrected chi connectivity index (χ1v) is 4.89. The number of hydrogen-bond donors (Lipinski definition) is 0. The maximum absolute atomic E-state index is 11.3. The first-order valence-electron chi connectivity index (χ1n) is 4.89. The Kier molecular flexibility index (Phi) is 7.27. The standard InChI is InChI=1S/C12H16NO2.W/c1-9-4-6-10(7-5-9)8-11(13-2)12(14)15-3;/h4-7,11H,8H2,1-3H3;/q-1;+2. The summed E-state index contributed by atoms with van der Waals surface area (Å²) in [5.41, 5.74) is 2.31. The molecule has 0 saturated carbocycles. The van der Waals surface area contributed by atoms with Crippen molar-refractivity contribution >= 4 is 5.97 Å². The fourth-order valence-corrected chi connectivity index (χ4v) is 1.36. The van der Waals surface area contributed by atoms with Crippen molar-refractivity contribution in [2.75, 3.05) is 14.2 Å². The number of nitrogens with zero attached hydrogens (tertiary/aromatic N) is 1. The van der Waals surface area contributed by atoms with Gasteiger partial charge in [-0.2, -0.15) is 7.05 Å². The third kappa shape index (κ3) is 4.46. The maximum atomic E-state index is 11.3. The maximum Gasteiger partial charge on any atom is 2.00 e. The molecule has 0 fully saturated rings. The second-order valence-electron chi connectivity index (χ2n) is 3.49. The van der Waals surface area contributed by atoms with Gasteiger partial charge < -0.3 is 10.1 Å². The molecule has 0 saturated heterocycles. The zero-order valence-corrected chi connectivity index (χ0v) is 12.7. The minimum atomic E-state index is -0.391. The van der Waals surface area contributed by atoms with Crippen molar-refractivity contribution < 1.29 is 30.6 Å². The molecule has 0 spiro atoms. The van der Waals surface area contributed by atoms with Crippen molar-refractivity contribution in [1.29, 1.82) is 0 Å². The van der Waals surface area contributed by atoms with E-state index in [1.807, 2.05) is 31.2 Å². The van der Waals surface area contributed by atoms with Crippen LogP contribution in [0.2, 0.25) is 0 Å². The number of likely N-dealkylation sites (N-methyl/N-ethyl adjacent to an activating group) is 1. The smallest absolute Gasteiger partial charge is 0.653 e. The predicted molar refractivity (Wildman–Crippen MR) is 60.0 cm³/mol. The van der Waals surface area contributed by atoms with Crippen LogP contribution in [-0.2, 0) is 37.0 Å². The van der Waals surface area contributed by atoms with Crippen molar-refractivity contribution in [2.45, 2.75) is 19.4 Å². The summed E-state index contributed by atoms with van der Waals surface area (Å²) in [6, 6.07) is 7.68. The summed E-state index contributed by atoms with van der Waals surface area (Å²) in [5, 5.41) is 4.00. The van der Waals surface area contributed by atoms with Gasteiger partial charge in [-0.05, 0) is 24.9 Å².